The first-order valence-electron chi connectivity index (χ1n) is 8.81. The van der Waals surface area contributed by atoms with Crippen LogP contribution in [-0.2, 0) is 14.8 Å². The number of ketones is 1. The topological polar surface area (TPSA) is 92.3 Å². The molecule has 0 saturated carbocycles. The van der Waals surface area contributed by atoms with E-state index in [4.69, 9.17) is 0 Å². The van der Waals surface area contributed by atoms with Gasteiger partial charge in [0.25, 0.3) is 0 Å². The maximum atomic E-state index is 12.3. The number of sulfonamides is 1. The SMILES string of the molecule is CCCCNS(=O)(=O)c1cccc(NC(=O)CCC(=O)c2ccc(C)s2)c1. The second-order valence-corrected chi connectivity index (χ2v) is 9.22. The molecule has 8 heteroatoms. The van der Waals surface area contributed by atoms with Crippen LogP contribution in [0, 0.1) is 6.92 Å². The van der Waals surface area contributed by atoms with Crippen molar-refractivity contribution in [3.63, 3.8) is 0 Å². The number of amides is 1. The van der Waals surface area contributed by atoms with Crippen LogP contribution in [-0.4, -0.2) is 26.7 Å². The van der Waals surface area contributed by atoms with E-state index in [0.717, 1.165) is 17.7 Å². The Morgan fingerprint density at radius 1 is 1.11 bits per heavy atom. The number of carbonyl (C=O) groups is 2. The van der Waals surface area contributed by atoms with Crippen molar-refractivity contribution < 1.29 is 18.0 Å². The number of Topliss-reactive ketones (excluding diaryl/α,β-unsaturated/α-hetero) is 1. The van der Waals surface area contributed by atoms with Gasteiger partial charge >= 0.3 is 0 Å². The van der Waals surface area contributed by atoms with Crippen LogP contribution >= 0.6 is 11.3 Å². The molecule has 0 fully saturated rings. The zero-order chi connectivity index (χ0) is 19.9. The number of aryl methyl sites for hydroxylation is 1. The highest BCUT2D eigenvalue weighted by molar-refractivity contribution is 7.89. The van der Waals surface area contributed by atoms with Crippen molar-refractivity contribution in [3.05, 3.63) is 46.2 Å². The second kappa shape index (κ2) is 9.77. The molecule has 0 unspecified atom stereocenters. The van der Waals surface area contributed by atoms with E-state index in [1.54, 1.807) is 18.2 Å². The third-order valence-corrected chi connectivity index (χ3v) is 6.35. The highest BCUT2D eigenvalue weighted by Crippen LogP contribution is 2.19. The maximum Gasteiger partial charge on any atom is 0.240 e. The summed E-state index contributed by atoms with van der Waals surface area (Å²) >= 11 is 1.41. The van der Waals surface area contributed by atoms with E-state index in [2.05, 4.69) is 10.0 Å². The zero-order valence-electron chi connectivity index (χ0n) is 15.4. The fourth-order valence-electron chi connectivity index (χ4n) is 2.37. The van der Waals surface area contributed by atoms with E-state index < -0.39 is 10.0 Å². The summed E-state index contributed by atoms with van der Waals surface area (Å²) < 4.78 is 27.0. The first-order valence-corrected chi connectivity index (χ1v) is 11.1. The van der Waals surface area contributed by atoms with Crippen LogP contribution in [0.4, 0.5) is 5.69 Å². The highest BCUT2D eigenvalue weighted by atomic mass is 32.2. The Morgan fingerprint density at radius 3 is 2.56 bits per heavy atom. The molecule has 27 heavy (non-hydrogen) atoms. The van der Waals surface area contributed by atoms with E-state index >= 15 is 0 Å². The van der Waals surface area contributed by atoms with E-state index in [-0.39, 0.29) is 29.4 Å². The number of rotatable bonds is 10. The van der Waals surface area contributed by atoms with Gasteiger partial charge in [0.15, 0.2) is 5.78 Å². The van der Waals surface area contributed by atoms with Gasteiger partial charge in [0.2, 0.25) is 15.9 Å². The van der Waals surface area contributed by atoms with Crippen molar-refractivity contribution in [2.45, 2.75) is 44.4 Å². The monoisotopic (exact) mass is 408 g/mol. The molecule has 2 aromatic rings. The third-order valence-electron chi connectivity index (χ3n) is 3.84. The second-order valence-electron chi connectivity index (χ2n) is 6.16. The fourth-order valence-corrected chi connectivity index (χ4v) is 4.32. The van der Waals surface area contributed by atoms with Gasteiger partial charge in [-0.1, -0.05) is 19.4 Å². The average molecular weight is 409 g/mol. The molecular formula is C19H24N2O4S2. The summed E-state index contributed by atoms with van der Waals surface area (Å²) in [5.74, 6) is -0.398. The Bertz CT molecular complexity index is 904. The number of thiophene rings is 1. The number of hydrogen-bond donors (Lipinski definition) is 2. The summed E-state index contributed by atoms with van der Waals surface area (Å²) in [6, 6.07) is 9.72. The van der Waals surface area contributed by atoms with Gasteiger partial charge in [-0.3, -0.25) is 9.59 Å². The largest absolute Gasteiger partial charge is 0.326 e. The summed E-state index contributed by atoms with van der Waals surface area (Å²) in [4.78, 5) is 26.0. The lowest BCUT2D eigenvalue weighted by Gasteiger charge is -2.09. The molecule has 1 amide bonds. The Labute approximate surface area is 164 Å². The van der Waals surface area contributed by atoms with Gasteiger partial charge < -0.3 is 5.32 Å². The molecular weight excluding hydrogens is 384 g/mol. The van der Waals surface area contributed by atoms with Gasteiger partial charge in [-0.25, -0.2) is 13.1 Å². The first kappa shape index (κ1) is 21.3. The van der Waals surface area contributed by atoms with Gasteiger partial charge in [0, 0.05) is 30.0 Å². The molecule has 6 nitrogen and oxygen atoms in total. The van der Waals surface area contributed by atoms with Crippen molar-refractivity contribution in [3.8, 4) is 0 Å². The number of anilines is 1. The Balaban J connectivity index is 1.93. The van der Waals surface area contributed by atoms with Gasteiger partial charge in [-0.2, -0.15) is 0 Å². The summed E-state index contributed by atoms with van der Waals surface area (Å²) in [7, 11) is -3.60. The predicted molar refractivity (Wildman–Crippen MR) is 108 cm³/mol. The van der Waals surface area contributed by atoms with Crippen molar-refractivity contribution in [2.24, 2.45) is 0 Å². The Kier molecular flexibility index (Phi) is 7.70. The minimum absolute atomic E-state index is 0.0432. The van der Waals surface area contributed by atoms with Crippen LogP contribution in [0.1, 0.15) is 47.2 Å². The molecule has 146 valence electrons. The van der Waals surface area contributed by atoms with Crippen molar-refractivity contribution in [1.29, 1.82) is 0 Å². The number of carbonyl (C=O) groups excluding carboxylic acids is 2. The smallest absolute Gasteiger partial charge is 0.240 e. The van der Waals surface area contributed by atoms with Crippen LogP contribution in [0.25, 0.3) is 0 Å². The Morgan fingerprint density at radius 2 is 1.89 bits per heavy atom. The molecule has 0 aliphatic carbocycles. The minimum Gasteiger partial charge on any atom is -0.326 e. The molecule has 0 atom stereocenters. The lowest BCUT2D eigenvalue weighted by Crippen LogP contribution is -2.24. The number of hydrogen-bond acceptors (Lipinski definition) is 5. The van der Waals surface area contributed by atoms with E-state index in [0.29, 0.717) is 17.1 Å². The lowest BCUT2D eigenvalue weighted by molar-refractivity contribution is -0.116. The molecule has 0 bridgehead atoms. The first-order chi connectivity index (χ1) is 12.8. The highest BCUT2D eigenvalue weighted by Gasteiger charge is 2.15. The number of benzene rings is 1. The lowest BCUT2D eigenvalue weighted by atomic mass is 10.2. The zero-order valence-corrected chi connectivity index (χ0v) is 17.1. The molecule has 0 aliphatic heterocycles. The molecule has 1 aromatic heterocycles. The molecule has 1 aromatic carbocycles. The van der Waals surface area contributed by atoms with Crippen molar-refractivity contribution in [1.82, 2.24) is 4.72 Å². The van der Waals surface area contributed by atoms with E-state index in [9.17, 15) is 18.0 Å². The summed E-state index contributed by atoms with van der Waals surface area (Å²) in [5, 5.41) is 2.65. The maximum absolute atomic E-state index is 12.3. The molecule has 0 radical (unpaired) electrons. The summed E-state index contributed by atoms with van der Waals surface area (Å²) in [6.07, 6.45) is 1.81. The molecule has 1 heterocycles. The molecule has 0 aliphatic rings. The molecule has 2 rings (SSSR count). The molecule has 0 spiro atoms. The van der Waals surface area contributed by atoms with Crippen LogP contribution < -0.4 is 10.0 Å². The molecule has 0 saturated heterocycles. The third kappa shape index (κ3) is 6.57. The Hall–Kier alpha value is -2.03. The normalized spacial score (nSPS) is 11.3. The number of nitrogens with one attached hydrogen (secondary N) is 2. The quantitative estimate of drug-likeness (QED) is 0.463. The van der Waals surface area contributed by atoms with Gasteiger partial charge in [0.05, 0.1) is 9.77 Å². The van der Waals surface area contributed by atoms with Gasteiger partial charge in [-0.15, -0.1) is 11.3 Å². The van der Waals surface area contributed by atoms with Crippen LogP contribution in [0.15, 0.2) is 41.3 Å². The van der Waals surface area contributed by atoms with E-state index in [1.165, 1.54) is 23.5 Å². The standard InChI is InChI=1S/C19H24N2O4S2/c1-3-4-12-20-27(24,25)16-7-5-6-15(13-16)21-19(23)11-9-17(22)18-10-8-14(2)26-18/h5-8,10,13,20H,3-4,9,11-12H2,1-2H3,(H,21,23). The van der Waals surface area contributed by atoms with E-state index in [1.807, 2.05) is 19.9 Å². The van der Waals surface area contributed by atoms with Crippen LogP contribution in [0.5, 0.6) is 0 Å². The van der Waals surface area contributed by atoms with Crippen LogP contribution in [0.3, 0.4) is 0 Å². The van der Waals surface area contributed by atoms with Crippen molar-refractivity contribution in [2.75, 3.05) is 11.9 Å². The average Bonchev–Trinajstić information content (AvgIpc) is 3.06. The predicted octanol–water partition coefficient (Wildman–Crippen LogP) is 3.74. The summed E-state index contributed by atoms with van der Waals surface area (Å²) in [6.45, 7) is 4.28. The van der Waals surface area contributed by atoms with Crippen LogP contribution in [0.2, 0.25) is 0 Å². The fraction of sp³-hybridized carbons (Fsp3) is 0.368. The molecule has 2 N–H and O–H groups in total. The van der Waals surface area contributed by atoms with Gasteiger partial charge in [-0.05, 0) is 43.7 Å². The summed E-state index contributed by atoms with van der Waals surface area (Å²) in [5.41, 5.74) is 0.387. The number of unbranched alkanes of at least 4 members (excludes halogenated alkanes) is 1. The van der Waals surface area contributed by atoms with Crippen molar-refractivity contribution >= 4 is 38.7 Å². The van der Waals surface area contributed by atoms with Gasteiger partial charge in [0.1, 0.15) is 0 Å². The minimum atomic E-state index is -3.60.